The van der Waals surface area contributed by atoms with Crippen LogP contribution in [-0.2, 0) is 0 Å². The third kappa shape index (κ3) is 2.09. The van der Waals surface area contributed by atoms with Gasteiger partial charge >= 0.3 is 0 Å². The lowest BCUT2D eigenvalue weighted by molar-refractivity contribution is 0.784. The number of halogens is 2. The second kappa shape index (κ2) is 4.38. The van der Waals surface area contributed by atoms with Crippen LogP contribution < -0.4 is 0 Å². The van der Waals surface area contributed by atoms with Crippen molar-refractivity contribution in [3.05, 3.63) is 32.4 Å². The molecule has 0 unspecified atom stereocenters. The van der Waals surface area contributed by atoms with Gasteiger partial charge in [-0.25, -0.2) is 14.6 Å². The molecule has 90 valence electrons. The molecule has 0 bridgehead atoms. The van der Waals surface area contributed by atoms with E-state index < -0.39 is 0 Å². The second-order valence-electron chi connectivity index (χ2n) is 3.91. The van der Waals surface area contributed by atoms with Crippen molar-refractivity contribution in [1.82, 2.24) is 19.7 Å². The molecule has 17 heavy (non-hydrogen) atoms. The fourth-order valence-corrected chi connectivity index (χ4v) is 2.07. The monoisotopic (exact) mass is 314 g/mol. The van der Waals surface area contributed by atoms with Gasteiger partial charge in [-0.2, -0.15) is 5.10 Å². The lowest BCUT2D eigenvalue weighted by Gasteiger charge is -2.08. The lowest BCUT2D eigenvalue weighted by atomic mass is 10.3. The number of rotatable bonds is 1. The highest BCUT2D eigenvalue weighted by molar-refractivity contribution is 9.10. The Balaban J connectivity index is 2.72. The molecule has 0 atom stereocenters. The van der Waals surface area contributed by atoms with E-state index in [1.165, 1.54) is 0 Å². The summed E-state index contributed by atoms with van der Waals surface area (Å²) in [6.45, 7) is 7.63. The van der Waals surface area contributed by atoms with Crippen molar-refractivity contribution in [1.29, 1.82) is 0 Å². The molecule has 0 aliphatic heterocycles. The Morgan fingerprint density at radius 3 is 2.29 bits per heavy atom. The maximum absolute atomic E-state index is 6.06. The summed E-state index contributed by atoms with van der Waals surface area (Å²) in [5.41, 5.74) is 2.75. The summed E-state index contributed by atoms with van der Waals surface area (Å²) in [5.74, 6) is 1.37. The topological polar surface area (TPSA) is 43.6 Å². The summed E-state index contributed by atoms with van der Waals surface area (Å²) in [5, 5.41) is 4.91. The smallest absolute Gasteiger partial charge is 0.161 e. The number of aromatic nitrogens is 4. The number of aryl methyl sites for hydroxylation is 2. The van der Waals surface area contributed by atoms with E-state index in [2.05, 4.69) is 31.0 Å². The summed E-state index contributed by atoms with van der Waals surface area (Å²) in [6.07, 6.45) is 0. The normalized spacial score (nSPS) is 10.9. The lowest BCUT2D eigenvalue weighted by Crippen LogP contribution is -2.07. The molecule has 2 heterocycles. The molecule has 2 rings (SSSR count). The zero-order chi connectivity index (χ0) is 12.7. The number of hydrogen-bond donors (Lipinski definition) is 0. The van der Waals surface area contributed by atoms with E-state index in [-0.39, 0.29) is 0 Å². The van der Waals surface area contributed by atoms with Gasteiger partial charge in [0.2, 0.25) is 0 Å². The number of hydrogen-bond acceptors (Lipinski definition) is 3. The SMILES string of the molecule is Cc1nc(Cl)c(C)c(-n2nc(C)c(Br)c2C)n1. The largest absolute Gasteiger partial charge is 0.221 e. The fraction of sp³-hybridized carbons (Fsp3) is 0.364. The minimum Gasteiger partial charge on any atom is -0.221 e. The predicted molar refractivity (Wildman–Crippen MR) is 70.8 cm³/mol. The van der Waals surface area contributed by atoms with Gasteiger partial charge in [0.15, 0.2) is 5.82 Å². The van der Waals surface area contributed by atoms with Gasteiger partial charge in [0, 0.05) is 5.56 Å². The Bertz CT molecular complexity index is 592. The molecule has 4 nitrogen and oxygen atoms in total. The summed E-state index contributed by atoms with van der Waals surface area (Å²) >= 11 is 9.56. The summed E-state index contributed by atoms with van der Waals surface area (Å²) < 4.78 is 2.78. The maximum Gasteiger partial charge on any atom is 0.161 e. The first kappa shape index (κ1) is 12.5. The Hall–Kier alpha value is -0.940. The molecule has 0 N–H and O–H groups in total. The van der Waals surface area contributed by atoms with E-state index in [0.29, 0.717) is 11.0 Å². The molecular formula is C11H12BrClN4. The zero-order valence-corrected chi connectivity index (χ0v) is 12.4. The minimum absolute atomic E-state index is 0.469. The highest BCUT2D eigenvalue weighted by atomic mass is 79.9. The Labute approximate surface area is 113 Å². The van der Waals surface area contributed by atoms with Gasteiger partial charge in [-0.3, -0.25) is 0 Å². The third-order valence-corrected chi connectivity index (χ3v) is 4.09. The fourth-order valence-electron chi connectivity index (χ4n) is 1.62. The van der Waals surface area contributed by atoms with E-state index in [1.54, 1.807) is 4.68 Å². The average molecular weight is 316 g/mol. The Morgan fingerprint density at radius 2 is 1.76 bits per heavy atom. The van der Waals surface area contributed by atoms with Crippen LogP contribution in [0.5, 0.6) is 0 Å². The summed E-state index contributed by atoms with van der Waals surface area (Å²) in [6, 6.07) is 0. The first-order valence-electron chi connectivity index (χ1n) is 5.14. The van der Waals surface area contributed by atoms with Crippen molar-refractivity contribution in [2.24, 2.45) is 0 Å². The van der Waals surface area contributed by atoms with E-state index in [1.807, 2.05) is 27.7 Å². The molecular weight excluding hydrogens is 304 g/mol. The molecule has 0 saturated carbocycles. The standard InChI is InChI=1S/C11H12BrClN4/c1-5-10(13)14-8(4)15-11(5)17-7(3)9(12)6(2)16-17/h1-4H3. The Morgan fingerprint density at radius 1 is 1.12 bits per heavy atom. The van der Waals surface area contributed by atoms with Crippen LogP contribution in [0.1, 0.15) is 22.8 Å². The minimum atomic E-state index is 0.469. The summed E-state index contributed by atoms with van der Waals surface area (Å²) in [4.78, 5) is 8.52. The molecule has 0 aromatic carbocycles. The van der Waals surface area contributed by atoms with Crippen LogP contribution in [0.25, 0.3) is 5.82 Å². The molecule has 0 radical (unpaired) electrons. The van der Waals surface area contributed by atoms with Crippen molar-refractivity contribution in [3.8, 4) is 5.82 Å². The van der Waals surface area contributed by atoms with E-state index >= 15 is 0 Å². The van der Waals surface area contributed by atoms with Gasteiger partial charge in [0.25, 0.3) is 0 Å². The van der Waals surface area contributed by atoms with Crippen LogP contribution in [0.4, 0.5) is 0 Å². The second-order valence-corrected chi connectivity index (χ2v) is 5.06. The van der Waals surface area contributed by atoms with Crippen molar-refractivity contribution >= 4 is 27.5 Å². The van der Waals surface area contributed by atoms with Gasteiger partial charge in [0.05, 0.1) is 15.9 Å². The van der Waals surface area contributed by atoms with Crippen molar-refractivity contribution in [2.75, 3.05) is 0 Å². The number of nitrogens with zero attached hydrogens (tertiary/aromatic N) is 4. The van der Waals surface area contributed by atoms with Crippen LogP contribution in [0, 0.1) is 27.7 Å². The zero-order valence-electron chi connectivity index (χ0n) is 10.0. The van der Waals surface area contributed by atoms with E-state index in [4.69, 9.17) is 11.6 Å². The van der Waals surface area contributed by atoms with Gasteiger partial charge in [-0.15, -0.1) is 0 Å². The van der Waals surface area contributed by atoms with E-state index in [0.717, 1.165) is 27.2 Å². The average Bonchev–Trinajstić information content (AvgIpc) is 2.51. The van der Waals surface area contributed by atoms with Crippen LogP contribution in [0.3, 0.4) is 0 Å². The van der Waals surface area contributed by atoms with Crippen LogP contribution in [0.2, 0.25) is 5.15 Å². The molecule has 0 aliphatic carbocycles. The first-order valence-corrected chi connectivity index (χ1v) is 6.31. The maximum atomic E-state index is 6.06. The molecule has 0 spiro atoms. The van der Waals surface area contributed by atoms with Gasteiger partial charge in [-0.05, 0) is 43.6 Å². The quantitative estimate of drug-likeness (QED) is 0.758. The predicted octanol–water partition coefficient (Wildman–Crippen LogP) is 3.31. The molecule has 0 fully saturated rings. The van der Waals surface area contributed by atoms with Crippen LogP contribution in [-0.4, -0.2) is 19.7 Å². The van der Waals surface area contributed by atoms with Gasteiger partial charge in [0.1, 0.15) is 11.0 Å². The van der Waals surface area contributed by atoms with Gasteiger partial charge in [-0.1, -0.05) is 11.6 Å². The van der Waals surface area contributed by atoms with Crippen LogP contribution in [0.15, 0.2) is 4.47 Å². The highest BCUT2D eigenvalue weighted by Crippen LogP contribution is 2.25. The molecule has 0 saturated heterocycles. The molecule has 2 aromatic rings. The molecule has 6 heteroatoms. The molecule has 0 amide bonds. The van der Waals surface area contributed by atoms with E-state index in [9.17, 15) is 0 Å². The molecule has 2 aromatic heterocycles. The van der Waals surface area contributed by atoms with Crippen LogP contribution >= 0.6 is 27.5 Å². The first-order chi connectivity index (χ1) is 7.91. The highest BCUT2D eigenvalue weighted by Gasteiger charge is 2.15. The Kier molecular flexibility index (Phi) is 3.23. The summed E-state index contributed by atoms with van der Waals surface area (Å²) in [7, 11) is 0. The molecule has 0 aliphatic rings. The van der Waals surface area contributed by atoms with Crippen molar-refractivity contribution in [2.45, 2.75) is 27.7 Å². The van der Waals surface area contributed by atoms with Gasteiger partial charge < -0.3 is 0 Å². The third-order valence-electron chi connectivity index (χ3n) is 2.58. The van der Waals surface area contributed by atoms with Crippen molar-refractivity contribution in [3.63, 3.8) is 0 Å². The van der Waals surface area contributed by atoms with Crippen molar-refractivity contribution < 1.29 is 0 Å².